The van der Waals surface area contributed by atoms with Crippen molar-refractivity contribution in [3.8, 4) is 17.2 Å². The maximum Gasteiger partial charge on any atom is 0.251 e. The molecule has 1 aromatic heterocycles. The zero-order valence-electron chi connectivity index (χ0n) is 18.8. The number of benzene rings is 1. The van der Waals surface area contributed by atoms with Gasteiger partial charge in [-0.25, -0.2) is 4.98 Å². The maximum atomic E-state index is 13.0. The number of piperidine rings is 1. The minimum absolute atomic E-state index is 0.196. The van der Waals surface area contributed by atoms with Gasteiger partial charge in [-0.05, 0) is 58.2 Å². The summed E-state index contributed by atoms with van der Waals surface area (Å²) in [5.41, 5.74) is 1.48. The number of amides is 1. The summed E-state index contributed by atoms with van der Waals surface area (Å²) in [6, 6.07) is 7.35. The van der Waals surface area contributed by atoms with Crippen molar-refractivity contribution in [2.45, 2.75) is 46.6 Å². The van der Waals surface area contributed by atoms with Crippen molar-refractivity contribution in [3.63, 3.8) is 0 Å². The molecule has 7 nitrogen and oxygen atoms in total. The van der Waals surface area contributed by atoms with Crippen molar-refractivity contribution in [1.82, 2.24) is 10.3 Å². The zero-order valence-corrected chi connectivity index (χ0v) is 18.8. The summed E-state index contributed by atoms with van der Waals surface area (Å²) >= 11 is 0. The van der Waals surface area contributed by atoms with Gasteiger partial charge in [0.25, 0.3) is 5.91 Å². The van der Waals surface area contributed by atoms with E-state index in [0.717, 1.165) is 24.5 Å². The van der Waals surface area contributed by atoms with Gasteiger partial charge in [-0.15, -0.1) is 0 Å². The van der Waals surface area contributed by atoms with E-state index in [9.17, 15) is 4.79 Å². The van der Waals surface area contributed by atoms with Crippen LogP contribution in [0.2, 0.25) is 0 Å². The summed E-state index contributed by atoms with van der Waals surface area (Å²) in [6.07, 6.45) is 5.42. The van der Waals surface area contributed by atoms with Crippen molar-refractivity contribution in [1.29, 1.82) is 0 Å². The Labute approximate surface area is 184 Å². The van der Waals surface area contributed by atoms with Gasteiger partial charge < -0.3 is 24.4 Å². The molecule has 0 saturated carbocycles. The average molecular weight is 428 g/mol. The van der Waals surface area contributed by atoms with Crippen LogP contribution in [-0.4, -0.2) is 43.8 Å². The highest BCUT2D eigenvalue weighted by molar-refractivity contribution is 5.95. The van der Waals surface area contributed by atoms with Gasteiger partial charge in [-0.1, -0.05) is 6.07 Å². The predicted molar refractivity (Wildman–Crippen MR) is 121 cm³/mol. The summed E-state index contributed by atoms with van der Waals surface area (Å²) in [7, 11) is 0. The van der Waals surface area contributed by atoms with E-state index < -0.39 is 0 Å². The van der Waals surface area contributed by atoms with Crippen LogP contribution in [0, 0.1) is 0 Å². The van der Waals surface area contributed by atoms with E-state index in [1.54, 1.807) is 12.1 Å². The molecule has 0 spiro atoms. The molecular formula is C24H33N3O4. The van der Waals surface area contributed by atoms with Crippen molar-refractivity contribution >= 4 is 11.7 Å². The first-order valence-corrected chi connectivity index (χ1v) is 11.2. The molecule has 1 N–H and O–H groups in total. The Morgan fingerprint density at radius 3 is 2.26 bits per heavy atom. The Kier molecular flexibility index (Phi) is 8.38. The highest BCUT2D eigenvalue weighted by Crippen LogP contribution is 2.39. The molecule has 0 bridgehead atoms. The van der Waals surface area contributed by atoms with E-state index in [4.69, 9.17) is 14.2 Å². The second-order valence-corrected chi connectivity index (χ2v) is 7.32. The Balaban J connectivity index is 1.79. The van der Waals surface area contributed by atoms with Gasteiger partial charge in [-0.2, -0.15) is 0 Å². The molecule has 0 aliphatic carbocycles. The molecule has 1 aromatic carbocycles. The summed E-state index contributed by atoms with van der Waals surface area (Å²) in [5.74, 6) is 2.31. The number of carbonyl (C=O) groups is 1. The minimum Gasteiger partial charge on any atom is -0.490 e. The van der Waals surface area contributed by atoms with Gasteiger partial charge in [0.15, 0.2) is 11.5 Å². The molecule has 168 valence electrons. The van der Waals surface area contributed by atoms with Crippen LogP contribution < -0.4 is 24.4 Å². The molecular weight excluding hydrogens is 394 g/mol. The van der Waals surface area contributed by atoms with Gasteiger partial charge in [0, 0.05) is 37.0 Å². The van der Waals surface area contributed by atoms with E-state index in [0.29, 0.717) is 49.2 Å². The van der Waals surface area contributed by atoms with Gasteiger partial charge in [0.2, 0.25) is 5.75 Å². The third kappa shape index (κ3) is 5.81. The summed E-state index contributed by atoms with van der Waals surface area (Å²) in [6.45, 7) is 9.52. The molecule has 3 rings (SSSR count). The number of rotatable bonds is 10. The molecule has 2 heterocycles. The molecule has 31 heavy (non-hydrogen) atoms. The van der Waals surface area contributed by atoms with Crippen LogP contribution in [0.15, 0.2) is 30.5 Å². The smallest absolute Gasteiger partial charge is 0.251 e. The largest absolute Gasteiger partial charge is 0.490 e. The van der Waals surface area contributed by atoms with Crippen LogP contribution >= 0.6 is 0 Å². The quantitative estimate of drug-likeness (QED) is 0.613. The molecule has 0 unspecified atom stereocenters. The number of aromatic nitrogens is 1. The molecule has 0 radical (unpaired) electrons. The van der Waals surface area contributed by atoms with Gasteiger partial charge in [0.05, 0.1) is 19.8 Å². The molecule has 0 atom stereocenters. The molecule has 1 saturated heterocycles. The maximum absolute atomic E-state index is 13.0. The lowest BCUT2D eigenvalue weighted by Gasteiger charge is -2.29. The first-order valence-electron chi connectivity index (χ1n) is 11.2. The Hall–Kier alpha value is -2.96. The number of ether oxygens (including phenoxy) is 3. The summed E-state index contributed by atoms with van der Waals surface area (Å²) in [4.78, 5) is 19.9. The van der Waals surface area contributed by atoms with Crippen molar-refractivity contribution in [3.05, 3.63) is 41.6 Å². The van der Waals surface area contributed by atoms with Crippen molar-refractivity contribution in [2.24, 2.45) is 0 Å². The van der Waals surface area contributed by atoms with Crippen LogP contribution in [0.3, 0.4) is 0 Å². The lowest BCUT2D eigenvalue weighted by molar-refractivity contribution is 0.0949. The van der Waals surface area contributed by atoms with Crippen molar-refractivity contribution < 1.29 is 19.0 Å². The number of carbonyl (C=O) groups excluding carboxylic acids is 1. The standard InChI is InChI=1S/C24H33N3O4/c1-4-29-20-15-19(16-21(30-5-2)22(20)31-6-3)24(28)26-17-18-11-10-12-25-23(18)27-13-8-7-9-14-27/h10-12,15-16H,4-9,13-14,17H2,1-3H3,(H,26,28). The third-order valence-electron chi connectivity index (χ3n) is 5.13. The number of nitrogens with one attached hydrogen (secondary N) is 1. The molecule has 1 fully saturated rings. The first kappa shape index (κ1) is 22.7. The number of hydrogen-bond donors (Lipinski definition) is 1. The SMILES string of the molecule is CCOc1cc(C(=O)NCc2cccnc2N2CCCCC2)cc(OCC)c1OCC. The van der Waals surface area contributed by atoms with Crippen LogP contribution in [-0.2, 0) is 6.54 Å². The van der Waals surface area contributed by atoms with E-state index in [2.05, 4.69) is 15.2 Å². The lowest BCUT2D eigenvalue weighted by atomic mass is 10.1. The second kappa shape index (κ2) is 11.4. The Bertz CT molecular complexity index is 839. The van der Waals surface area contributed by atoms with Crippen molar-refractivity contribution in [2.75, 3.05) is 37.8 Å². The highest BCUT2D eigenvalue weighted by atomic mass is 16.5. The van der Waals surface area contributed by atoms with E-state index in [-0.39, 0.29) is 5.91 Å². The van der Waals surface area contributed by atoms with E-state index in [1.165, 1.54) is 19.3 Å². The highest BCUT2D eigenvalue weighted by Gasteiger charge is 2.20. The third-order valence-corrected chi connectivity index (χ3v) is 5.13. The second-order valence-electron chi connectivity index (χ2n) is 7.32. The fourth-order valence-corrected chi connectivity index (χ4v) is 3.76. The topological polar surface area (TPSA) is 72.9 Å². The fourth-order valence-electron chi connectivity index (χ4n) is 3.76. The van der Waals surface area contributed by atoms with Crippen LogP contribution in [0.25, 0.3) is 0 Å². The van der Waals surface area contributed by atoms with E-state index in [1.807, 2.05) is 39.1 Å². The predicted octanol–water partition coefficient (Wildman–Crippen LogP) is 4.20. The first-order chi connectivity index (χ1) is 15.2. The van der Waals surface area contributed by atoms with Crippen LogP contribution in [0.4, 0.5) is 5.82 Å². The van der Waals surface area contributed by atoms with Gasteiger partial charge in [0.1, 0.15) is 5.82 Å². The molecule has 1 aliphatic rings. The Morgan fingerprint density at radius 1 is 1.00 bits per heavy atom. The summed E-state index contributed by atoms with van der Waals surface area (Å²) < 4.78 is 17.2. The molecule has 7 heteroatoms. The lowest BCUT2D eigenvalue weighted by Crippen LogP contribution is -2.32. The number of nitrogens with zero attached hydrogens (tertiary/aromatic N) is 2. The van der Waals surface area contributed by atoms with Crippen LogP contribution in [0.1, 0.15) is 56.0 Å². The Morgan fingerprint density at radius 2 is 1.65 bits per heavy atom. The van der Waals surface area contributed by atoms with Crippen LogP contribution in [0.5, 0.6) is 17.2 Å². The number of pyridine rings is 1. The summed E-state index contributed by atoms with van der Waals surface area (Å²) in [5, 5.41) is 3.03. The number of hydrogen-bond acceptors (Lipinski definition) is 6. The van der Waals surface area contributed by atoms with E-state index >= 15 is 0 Å². The molecule has 2 aromatic rings. The normalized spacial score (nSPS) is 13.6. The monoisotopic (exact) mass is 427 g/mol. The minimum atomic E-state index is -0.196. The number of anilines is 1. The average Bonchev–Trinajstić information content (AvgIpc) is 2.80. The van der Waals surface area contributed by atoms with Gasteiger partial charge >= 0.3 is 0 Å². The van der Waals surface area contributed by atoms with Gasteiger partial charge in [-0.3, -0.25) is 4.79 Å². The fraction of sp³-hybridized carbons (Fsp3) is 0.500. The zero-order chi connectivity index (χ0) is 22.1. The molecule has 1 amide bonds. The molecule has 1 aliphatic heterocycles.